The van der Waals surface area contributed by atoms with Crippen molar-refractivity contribution in [3.05, 3.63) is 12.2 Å². The van der Waals surface area contributed by atoms with Crippen molar-refractivity contribution in [2.75, 3.05) is 13.1 Å². The van der Waals surface area contributed by atoms with Crippen LogP contribution < -0.4 is 22.1 Å². The van der Waals surface area contributed by atoms with Crippen LogP contribution in [0.1, 0.15) is 6.92 Å². The Morgan fingerprint density at radius 2 is 2.07 bits per heavy atom. The second-order valence-electron chi connectivity index (χ2n) is 2.87. The normalized spacial score (nSPS) is 11.6. The molecule has 0 aromatic carbocycles. The number of amides is 2. The predicted molar refractivity (Wildman–Crippen MR) is 53.0 cm³/mol. The third-order valence-electron chi connectivity index (χ3n) is 1.40. The molecular formula is C8H16N4O2. The van der Waals surface area contributed by atoms with Gasteiger partial charge in [-0.05, 0) is 6.92 Å². The van der Waals surface area contributed by atoms with E-state index in [0.717, 1.165) is 0 Å². The SMILES string of the molecule is C=C(C)C(=O)NCC(=O)NC(N)CN. The molecule has 0 saturated heterocycles. The highest BCUT2D eigenvalue weighted by atomic mass is 16.2. The number of hydrogen-bond donors (Lipinski definition) is 4. The summed E-state index contributed by atoms with van der Waals surface area (Å²) in [6.45, 7) is 5.00. The molecule has 0 heterocycles. The van der Waals surface area contributed by atoms with E-state index in [1.165, 1.54) is 0 Å². The summed E-state index contributed by atoms with van der Waals surface area (Å²) < 4.78 is 0. The van der Waals surface area contributed by atoms with E-state index in [4.69, 9.17) is 11.5 Å². The van der Waals surface area contributed by atoms with Gasteiger partial charge >= 0.3 is 0 Å². The summed E-state index contributed by atoms with van der Waals surface area (Å²) in [6.07, 6.45) is -0.579. The summed E-state index contributed by atoms with van der Waals surface area (Å²) >= 11 is 0. The lowest BCUT2D eigenvalue weighted by atomic mass is 10.3. The zero-order valence-corrected chi connectivity index (χ0v) is 8.17. The summed E-state index contributed by atoms with van der Waals surface area (Å²) in [6, 6.07) is 0. The van der Waals surface area contributed by atoms with Gasteiger partial charge in [-0.15, -0.1) is 0 Å². The van der Waals surface area contributed by atoms with Crippen LogP contribution in [0.4, 0.5) is 0 Å². The van der Waals surface area contributed by atoms with Crippen LogP contribution in [-0.4, -0.2) is 31.1 Å². The van der Waals surface area contributed by atoms with Crippen LogP contribution >= 0.6 is 0 Å². The number of nitrogens with two attached hydrogens (primary N) is 2. The fraction of sp³-hybridized carbons (Fsp3) is 0.500. The van der Waals surface area contributed by atoms with Gasteiger partial charge in [0.15, 0.2) is 0 Å². The van der Waals surface area contributed by atoms with Crippen LogP contribution in [0.3, 0.4) is 0 Å². The molecule has 0 aliphatic rings. The van der Waals surface area contributed by atoms with E-state index >= 15 is 0 Å². The molecule has 1 atom stereocenters. The van der Waals surface area contributed by atoms with Crippen LogP contribution in [0.5, 0.6) is 0 Å². The van der Waals surface area contributed by atoms with E-state index in [0.29, 0.717) is 5.57 Å². The molecule has 0 saturated carbocycles. The van der Waals surface area contributed by atoms with Crippen molar-refractivity contribution in [3.8, 4) is 0 Å². The third-order valence-corrected chi connectivity index (χ3v) is 1.40. The molecule has 1 unspecified atom stereocenters. The molecule has 6 N–H and O–H groups in total. The average molecular weight is 200 g/mol. The lowest BCUT2D eigenvalue weighted by Crippen LogP contribution is -2.49. The highest BCUT2D eigenvalue weighted by molar-refractivity contribution is 5.94. The first kappa shape index (κ1) is 12.6. The molecular weight excluding hydrogens is 184 g/mol. The van der Waals surface area contributed by atoms with Gasteiger partial charge in [-0.2, -0.15) is 0 Å². The largest absolute Gasteiger partial charge is 0.343 e. The Bertz CT molecular complexity index is 239. The zero-order valence-electron chi connectivity index (χ0n) is 8.17. The topological polar surface area (TPSA) is 110 Å². The standard InChI is InChI=1S/C8H16N4O2/c1-5(2)8(14)11-4-7(13)12-6(10)3-9/h6H,1,3-4,9-10H2,2H3,(H,11,14)(H,12,13). The van der Waals surface area contributed by atoms with Gasteiger partial charge in [0.25, 0.3) is 0 Å². The molecule has 0 spiro atoms. The first-order valence-electron chi connectivity index (χ1n) is 4.16. The van der Waals surface area contributed by atoms with E-state index in [2.05, 4.69) is 17.2 Å². The smallest absolute Gasteiger partial charge is 0.246 e. The van der Waals surface area contributed by atoms with E-state index in [9.17, 15) is 9.59 Å². The molecule has 2 amide bonds. The second kappa shape index (κ2) is 6.11. The van der Waals surface area contributed by atoms with Gasteiger partial charge in [-0.3, -0.25) is 9.59 Å². The fourth-order valence-electron chi connectivity index (χ4n) is 0.628. The number of nitrogens with one attached hydrogen (secondary N) is 2. The van der Waals surface area contributed by atoms with Gasteiger partial charge in [0.1, 0.15) is 0 Å². The molecule has 6 nitrogen and oxygen atoms in total. The predicted octanol–water partition coefficient (Wildman–Crippen LogP) is -1.96. The molecule has 0 aliphatic carbocycles. The first-order chi connectivity index (χ1) is 6.47. The van der Waals surface area contributed by atoms with Crippen molar-refractivity contribution in [1.29, 1.82) is 0 Å². The molecule has 0 radical (unpaired) electrons. The van der Waals surface area contributed by atoms with Crippen molar-refractivity contribution in [3.63, 3.8) is 0 Å². The maximum Gasteiger partial charge on any atom is 0.246 e. The lowest BCUT2D eigenvalue weighted by molar-refractivity contribution is -0.124. The van der Waals surface area contributed by atoms with Gasteiger partial charge in [-0.25, -0.2) is 0 Å². The molecule has 0 fully saturated rings. The maximum absolute atomic E-state index is 11.0. The summed E-state index contributed by atoms with van der Waals surface area (Å²) in [7, 11) is 0. The summed E-state index contributed by atoms with van der Waals surface area (Å²) in [5.74, 6) is -0.737. The molecule has 14 heavy (non-hydrogen) atoms. The van der Waals surface area contributed by atoms with Crippen LogP contribution in [0.25, 0.3) is 0 Å². The number of carbonyl (C=O) groups excluding carboxylic acids is 2. The molecule has 0 aliphatic heterocycles. The molecule has 6 heteroatoms. The van der Waals surface area contributed by atoms with Crippen molar-refractivity contribution in [2.45, 2.75) is 13.1 Å². The minimum atomic E-state index is -0.579. The monoisotopic (exact) mass is 200 g/mol. The molecule has 0 rings (SSSR count). The van der Waals surface area contributed by atoms with E-state index < -0.39 is 6.17 Å². The first-order valence-corrected chi connectivity index (χ1v) is 4.16. The van der Waals surface area contributed by atoms with Gasteiger partial charge in [0, 0.05) is 12.1 Å². The molecule has 0 bridgehead atoms. The Labute approximate surface area is 82.7 Å². The Morgan fingerprint density at radius 1 is 1.50 bits per heavy atom. The summed E-state index contributed by atoms with van der Waals surface area (Å²) in [4.78, 5) is 22.0. The molecule has 80 valence electrons. The van der Waals surface area contributed by atoms with E-state index in [-0.39, 0.29) is 24.9 Å². The highest BCUT2D eigenvalue weighted by Crippen LogP contribution is 1.84. The van der Waals surface area contributed by atoms with Crippen LogP contribution in [0.15, 0.2) is 12.2 Å². The fourth-order valence-corrected chi connectivity index (χ4v) is 0.628. The minimum absolute atomic E-state index is 0.126. The third kappa shape index (κ3) is 5.28. The van der Waals surface area contributed by atoms with Gasteiger partial charge < -0.3 is 22.1 Å². The Morgan fingerprint density at radius 3 is 2.50 bits per heavy atom. The summed E-state index contributed by atoms with van der Waals surface area (Å²) in [5.41, 5.74) is 10.9. The van der Waals surface area contributed by atoms with Crippen LogP contribution in [-0.2, 0) is 9.59 Å². The lowest BCUT2D eigenvalue weighted by Gasteiger charge is -2.11. The molecule has 0 aromatic heterocycles. The number of hydrogen-bond acceptors (Lipinski definition) is 4. The Balaban J connectivity index is 3.75. The van der Waals surface area contributed by atoms with Crippen molar-refractivity contribution >= 4 is 11.8 Å². The Hall–Kier alpha value is -1.40. The van der Waals surface area contributed by atoms with Gasteiger partial charge in [-0.1, -0.05) is 6.58 Å². The van der Waals surface area contributed by atoms with Gasteiger partial charge in [0.2, 0.25) is 11.8 Å². The maximum atomic E-state index is 11.0. The van der Waals surface area contributed by atoms with E-state index in [1.807, 2.05) is 0 Å². The van der Waals surface area contributed by atoms with Crippen LogP contribution in [0.2, 0.25) is 0 Å². The molecule has 0 aromatic rings. The Kier molecular flexibility index (Phi) is 5.50. The zero-order chi connectivity index (χ0) is 11.1. The number of carbonyl (C=O) groups is 2. The quantitative estimate of drug-likeness (QED) is 0.305. The van der Waals surface area contributed by atoms with Crippen molar-refractivity contribution in [1.82, 2.24) is 10.6 Å². The van der Waals surface area contributed by atoms with Crippen LogP contribution in [0, 0.1) is 0 Å². The average Bonchev–Trinajstić information content (AvgIpc) is 2.13. The second-order valence-corrected chi connectivity index (χ2v) is 2.87. The van der Waals surface area contributed by atoms with Crippen molar-refractivity contribution < 1.29 is 9.59 Å². The minimum Gasteiger partial charge on any atom is -0.343 e. The highest BCUT2D eigenvalue weighted by Gasteiger charge is 2.07. The van der Waals surface area contributed by atoms with E-state index in [1.54, 1.807) is 6.92 Å². The summed E-state index contributed by atoms with van der Waals surface area (Å²) in [5, 5.41) is 4.76. The van der Waals surface area contributed by atoms with Crippen molar-refractivity contribution in [2.24, 2.45) is 11.5 Å². The number of rotatable bonds is 5. The van der Waals surface area contributed by atoms with Gasteiger partial charge in [0.05, 0.1) is 12.7 Å².